The summed E-state index contributed by atoms with van der Waals surface area (Å²) in [5.41, 5.74) is 0. The van der Waals surface area contributed by atoms with E-state index in [-0.39, 0.29) is 30.0 Å². The van der Waals surface area contributed by atoms with Crippen molar-refractivity contribution in [3.8, 4) is 5.75 Å². The molecule has 0 spiro atoms. The van der Waals surface area contributed by atoms with Crippen LogP contribution in [0, 0.1) is 0 Å². The highest BCUT2D eigenvalue weighted by Crippen LogP contribution is 2.22. The van der Waals surface area contributed by atoms with Gasteiger partial charge in [0.05, 0.1) is 24.2 Å². The molecule has 2 fully saturated rings. The third kappa shape index (κ3) is 5.22. The molecule has 8 nitrogen and oxygen atoms in total. The van der Waals surface area contributed by atoms with Gasteiger partial charge in [0.2, 0.25) is 15.9 Å². The first-order valence-corrected chi connectivity index (χ1v) is 11.3. The van der Waals surface area contributed by atoms with Crippen molar-refractivity contribution in [1.82, 2.24) is 14.5 Å². The zero-order valence-corrected chi connectivity index (χ0v) is 17.1. The Morgan fingerprint density at radius 3 is 2.61 bits per heavy atom. The Morgan fingerprint density at radius 1 is 1.29 bits per heavy atom. The van der Waals surface area contributed by atoms with Gasteiger partial charge in [0, 0.05) is 39.3 Å². The number of rotatable bonds is 8. The first-order chi connectivity index (χ1) is 13.5. The second kappa shape index (κ2) is 9.69. The molecule has 0 aliphatic carbocycles. The lowest BCUT2D eigenvalue weighted by Gasteiger charge is -2.31. The first kappa shape index (κ1) is 21.0. The van der Waals surface area contributed by atoms with Crippen LogP contribution in [0.4, 0.5) is 0 Å². The van der Waals surface area contributed by atoms with Crippen molar-refractivity contribution >= 4 is 15.9 Å². The second-order valence-electron chi connectivity index (χ2n) is 6.97. The molecule has 1 amide bonds. The fraction of sp³-hybridized carbons (Fsp3) is 0.632. The van der Waals surface area contributed by atoms with Crippen molar-refractivity contribution < 1.29 is 22.7 Å². The average molecular weight is 412 g/mol. The van der Waals surface area contributed by atoms with E-state index in [2.05, 4.69) is 5.32 Å². The smallest absolute Gasteiger partial charge is 0.243 e. The number of ether oxygens (including phenoxy) is 2. The number of amides is 1. The lowest BCUT2D eigenvalue weighted by atomic mass is 10.2. The molecule has 2 saturated heterocycles. The van der Waals surface area contributed by atoms with Gasteiger partial charge in [-0.2, -0.15) is 4.31 Å². The van der Waals surface area contributed by atoms with Crippen LogP contribution in [0.1, 0.15) is 19.8 Å². The van der Waals surface area contributed by atoms with Gasteiger partial charge in [-0.05, 0) is 44.0 Å². The largest absolute Gasteiger partial charge is 0.494 e. The number of nitrogens with zero attached hydrogens (tertiary/aromatic N) is 2. The minimum atomic E-state index is -3.82. The molecular formula is C19H29N3O5S. The van der Waals surface area contributed by atoms with E-state index in [1.807, 2.05) is 6.92 Å². The molecule has 1 N–H and O–H groups in total. The maximum absolute atomic E-state index is 13.3. The summed E-state index contributed by atoms with van der Waals surface area (Å²) in [7, 11) is -3.82. The molecule has 1 aromatic carbocycles. The lowest BCUT2D eigenvalue weighted by molar-refractivity contribution is -0.132. The lowest BCUT2D eigenvalue weighted by Crippen LogP contribution is -2.51. The van der Waals surface area contributed by atoms with Gasteiger partial charge >= 0.3 is 0 Å². The zero-order chi connectivity index (χ0) is 20.0. The van der Waals surface area contributed by atoms with Crippen LogP contribution in [0.25, 0.3) is 0 Å². The molecule has 2 aliphatic heterocycles. The van der Waals surface area contributed by atoms with Gasteiger partial charge in [0.15, 0.2) is 0 Å². The Hall–Kier alpha value is -1.68. The molecule has 0 unspecified atom stereocenters. The molecule has 0 aromatic heterocycles. The standard InChI is InChI=1S/C19H29N3O5S/c1-2-26-16-5-7-18(8-6-16)28(24,25)22(14-17-4-3-13-27-17)15-19(23)21-11-9-20-10-12-21/h5-8,17,20H,2-4,9-15H2,1H3/t17-/m0/s1. The minimum absolute atomic E-state index is 0.155. The number of benzene rings is 1. The molecule has 0 radical (unpaired) electrons. The van der Waals surface area contributed by atoms with Crippen LogP contribution in [0.5, 0.6) is 5.75 Å². The van der Waals surface area contributed by atoms with Gasteiger partial charge in [-0.3, -0.25) is 4.79 Å². The summed E-state index contributed by atoms with van der Waals surface area (Å²) < 4.78 is 38.8. The molecule has 28 heavy (non-hydrogen) atoms. The predicted molar refractivity (Wildman–Crippen MR) is 105 cm³/mol. The normalized spacial score (nSPS) is 20.5. The van der Waals surface area contributed by atoms with Gasteiger partial charge in [-0.15, -0.1) is 0 Å². The molecule has 0 bridgehead atoms. The summed E-state index contributed by atoms with van der Waals surface area (Å²) in [4.78, 5) is 14.6. The van der Waals surface area contributed by atoms with E-state index in [4.69, 9.17) is 9.47 Å². The Bertz CT molecular complexity index is 741. The predicted octanol–water partition coefficient (Wildman–Crippen LogP) is 0.687. The monoisotopic (exact) mass is 411 g/mol. The molecule has 156 valence electrons. The van der Waals surface area contributed by atoms with E-state index in [1.165, 1.54) is 16.4 Å². The molecule has 3 rings (SSSR count). The number of hydrogen-bond acceptors (Lipinski definition) is 6. The van der Waals surface area contributed by atoms with Gasteiger partial charge < -0.3 is 19.7 Å². The molecule has 2 aliphatic rings. The van der Waals surface area contributed by atoms with Gasteiger partial charge in [0.1, 0.15) is 5.75 Å². The quantitative estimate of drug-likeness (QED) is 0.677. The van der Waals surface area contributed by atoms with Gasteiger partial charge in [-0.1, -0.05) is 0 Å². The number of carbonyl (C=O) groups is 1. The summed E-state index contributed by atoms with van der Waals surface area (Å²) in [6.07, 6.45) is 1.54. The van der Waals surface area contributed by atoms with Crippen LogP contribution >= 0.6 is 0 Å². The molecular weight excluding hydrogens is 382 g/mol. The second-order valence-corrected chi connectivity index (χ2v) is 8.91. The van der Waals surface area contributed by atoms with Crippen LogP contribution in [0.3, 0.4) is 0 Å². The number of sulfonamides is 1. The molecule has 9 heteroatoms. The van der Waals surface area contributed by atoms with Crippen LogP contribution in [0.2, 0.25) is 0 Å². The highest BCUT2D eigenvalue weighted by molar-refractivity contribution is 7.89. The van der Waals surface area contributed by atoms with Gasteiger partial charge in [-0.25, -0.2) is 8.42 Å². The molecule has 1 atom stereocenters. The van der Waals surface area contributed by atoms with Crippen molar-refractivity contribution in [3.05, 3.63) is 24.3 Å². The highest BCUT2D eigenvalue weighted by Gasteiger charge is 2.32. The van der Waals surface area contributed by atoms with Crippen LogP contribution < -0.4 is 10.1 Å². The van der Waals surface area contributed by atoms with Crippen LogP contribution in [0.15, 0.2) is 29.2 Å². The van der Waals surface area contributed by atoms with Crippen molar-refractivity contribution in [3.63, 3.8) is 0 Å². The van der Waals surface area contributed by atoms with Crippen molar-refractivity contribution in [2.75, 3.05) is 52.5 Å². The summed E-state index contributed by atoms with van der Waals surface area (Å²) in [5, 5.41) is 3.20. The Kier molecular flexibility index (Phi) is 7.28. The van der Waals surface area contributed by atoms with E-state index >= 15 is 0 Å². The third-order valence-corrected chi connectivity index (χ3v) is 6.81. The van der Waals surface area contributed by atoms with E-state index in [9.17, 15) is 13.2 Å². The maximum Gasteiger partial charge on any atom is 0.243 e. The number of nitrogens with one attached hydrogen (secondary N) is 1. The number of piperazine rings is 1. The van der Waals surface area contributed by atoms with Crippen molar-refractivity contribution in [2.45, 2.75) is 30.8 Å². The number of hydrogen-bond donors (Lipinski definition) is 1. The van der Waals surface area contributed by atoms with Crippen LogP contribution in [-0.2, 0) is 19.6 Å². The van der Waals surface area contributed by atoms with Gasteiger partial charge in [0.25, 0.3) is 0 Å². The molecule has 1 aromatic rings. The summed E-state index contributed by atoms with van der Waals surface area (Å²) in [6.45, 7) is 5.67. The minimum Gasteiger partial charge on any atom is -0.494 e. The van der Waals surface area contributed by atoms with E-state index < -0.39 is 10.0 Å². The topological polar surface area (TPSA) is 88.2 Å². The van der Waals surface area contributed by atoms with Crippen molar-refractivity contribution in [1.29, 1.82) is 0 Å². The number of carbonyl (C=O) groups excluding carboxylic acids is 1. The molecule has 0 saturated carbocycles. The fourth-order valence-corrected chi connectivity index (χ4v) is 4.87. The van der Waals surface area contributed by atoms with Crippen molar-refractivity contribution in [2.24, 2.45) is 0 Å². The summed E-state index contributed by atoms with van der Waals surface area (Å²) >= 11 is 0. The van der Waals surface area contributed by atoms with Crippen LogP contribution in [-0.4, -0.2) is 82.1 Å². The Morgan fingerprint density at radius 2 is 2.00 bits per heavy atom. The fourth-order valence-electron chi connectivity index (χ4n) is 3.45. The average Bonchev–Trinajstić information content (AvgIpc) is 3.22. The summed E-state index contributed by atoms with van der Waals surface area (Å²) in [5.74, 6) is 0.443. The molecule has 2 heterocycles. The SMILES string of the molecule is CCOc1ccc(S(=O)(=O)N(CC(=O)N2CCNCC2)C[C@@H]2CCCO2)cc1. The van der Waals surface area contributed by atoms with E-state index in [0.29, 0.717) is 32.1 Å². The Labute approximate surface area is 166 Å². The maximum atomic E-state index is 13.3. The zero-order valence-electron chi connectivity index (χ0n) is 16.3. The van der Waals surface area contributed by atoms with E-state index in [1.54, 1.807) is 17.0 Å². The first-order valence-electron chi connectivity index (χ1n) is 9.84. The van der Waals surface area contributed by atoms with E-state index in [0.717, 1.165) is 25.9 Å². The summed E-state index contributed by atoms with van der Waals surface area (Å²) in [6, 6.07) is 6.33. The Balaban J connectivity index is 1.78. The third-order valence-electron chi connectivity index (χ3n) is 4.99. The highest BCUT2D eigenvalue weighted by atomic mass is 32.2.